The fourth-order valence-electron chi connectivity index (χ4n) is 3.13. The van der Waals surface area contributed by atoms with Crippen molar-refractivity contribution < 1.29 is 22.7 Å². The molecule has 0 aromatic heterocycles. The molecule has 0 spiro atoms. The van der Waals surface area contributed by atoms with E-state index >= 15 is 0 Å². The second kappa shape index (κ2) is 9.70. The molecule has 9 heteroatoms. The van der Waals surface area contributed by atoms with Crippen LogP contribution >= 0.6 is 24.0 Å². The maximum atomic E-state index is 12.9. The summed E-state index contributed by atoms with van der Waals surface area (Å²) in [6, 6.07) is 14.0. The zero-order valence-electron chi connectivity index (χ0n) is 16.2. The molecule has 2 atom stereocenters. The van der Waals surface area contributed by atoms with Crippen LogP contribution < -0.4 is 5.32 Å². The Morgan fingerprint density at radius 1 is 1.20 bits per heavy atom. The lowest BCUT2D eigenvalue weighted by molar-refractivity contribution is -0.147. The Bertz CT molecular complexity index is 876. The van der Waals surface area contributed by atoms with Crippen molar-refractivity contribution in [2.24, 2.45) is 0 Å². The minimum absolute atomic E-state index is 0.239. The summed E-state index contributed by atoms with van der Waals surface area (Å²) in [6.07, 6.45) is -4.40. The highest BCUT2D eigenvalue weighted by atomic mass is 32.2. The number of halogens is 3. The van der Waals surface area contributed by atoms with Gasteiger partial charge in [-0.1, -0.05) is 42.5 Å². The Kier molecular flexibility index (Phi) is 7.25. The normalized spacial score (nSPS) is 18.9. The van der Waals surface area contributed by atoms with Crippen molar-refractivity contribution >= 4 is 35.1 Å². The van der Waals surface area contributed by atoms with Crippen LogP contribution in [0.15, 0.2) is 54.6 Å². The molecule has 0 bridgehead atoms. The van der Waals surface area contributed by atoms with Gasteiger partial charge in [0.05, 0.1) is 12.2 Å². The van der Waals surface area contributed by atoms with Gasteiger partial charge in [0.25, 0.3) is 0 Å². The number of nitrogens with one attached hydrogen (secondary N) is 1. The summed E-state index contributed by atoms with van der Waals surface area (Å²) in [5.41, 5.74) is 0.946. The minimum Gasteiger partial charge on any atom is -0.464 e. The molecule has 0 radical (unpaired) electrons. The molecule has 0 amide bonds. The number of hydrogen-bond donors (Lipinski definition) is 1. The van der Waals surface area contributed by atoms with Gasteiger partial charge < -0.3 is 15.0 Å². The third kappa shape index (κ3) is 5.26. The van der Waals surface area contributed by atoms with Crippen molar-refractivity contribution in [1.82, 2.24) is 10.2 Å². The van der Waals surface area contributed by atoms with E-state index < -0.39 is 29.1 Å². The first-order valence-electron chi connectivity index (χ1n) is 9.36. The molecule has 160 valence electrons. The van der Waals surface area contributed by atoms with Crippen molar-refractivity contribution in [2.45, 2.75) is 31.1 Å². The first kappa shape index (κ1) is 22.4. The molecule has 1 N–H and O–H groups in total. The summed E-state index contributed by atoms with van der Waals surface area (Å²) in [6.45, 7) is 2.43. The number of esters is 1. The van der Waals surface area contributed by atoms with Crippen LogP contribution in [0.2, 0.25) is 0 Å². The van der Waals surface area contributed by atoms with Gasteiger partial charge in [-0.15, -0.1) is 11.8 Å². The molecule has 4 nitrogen and oxygen atoms in total. The zero-order chi connectivity index (χ0) is 21.7. The summed E-state index contributed by atoms with van der Waals surface area (Å²) in [4.78, 5) is 14.2. The number of ether oxygens (including phenoxy) is 1. The molecule has 1 heterocycles. The number of thiocarbonyl (C=S) groups is 1. The molecule has 0 aliphatic carbocycles. The monoisotopic (exact) mass is 454 g/mol. The van der Waals surface area contributed by atoms with E-state index in [0.29, 0.717) is 23.0 Å². The summed E-state index contributed by atoms with van der Waals surface area (Å²) in [7, 11) is 0. The summed E-state index contributed by atoms with van der Waals surface area (Å²) < 4.78 is 43.9. The molecule has 1 unspecified atom stereocenters. The molecular weight excluding hydrogens is 433 g/mol. The average molecular weight is 455 g/mol. The lowest BCUT2D eigenvalue weighted by Gasteiger charge is -2.31. The maximum Gasteiger partial charge on any atom is 0.416 e. The van der Waals surface area contributed by atoms with Crippen LogP contribution in [0.1, 0.15) is 29.0 Å². The SMILES string of the molecule is CCOC(=O)[C@@H]1CSC(c2ccc(C(F)(F)F)cc2)N1C(=S)NCc1ccccc1. The van der Waals surface area contributed by atoms with E-state index in [1.165, 1.54) is 23.9 Å². The molecular formula is C21H21F3N2O2S2. The lowest BCUT2D eigenvalue weighted by atomic mass is 10.1. The van der Waals surface area contributed by atoms with Crippen molar-refractivity contribution in [3.63, 3.8) is 0 Å². The smallest absolute Gasteiger partial charge is 0.416 e. The largest absolute Gasteiger partial charge is 0.464 e. The van der Waals surface area contributed by atoms with Crippen LogP contribution in [0, 0.1) is 0 Å². The maximum absolute atomic E-state index is 12.9. The fraction of sp³-hybridized carbons (Fsp3) is 0.333. The number of nitrogens with zero attached hydrogens (tertiary/aromatic N) is 1. The van der Waals surface area contributed by atoms with Gasteiger partial charge >= 0.3 is 12.1 Å². The lowest BCUT2D eigenvalue weighted by Crippen LogP contribution is -2.48. The number of hydrogen-bond acceptors (Lipinski definition) is 4. The Morgan fingerprint density at radius 2 is 1.87 bits per heavy atom. The number of carbonyl (C=O) groups excluding carboxylic acids is 1. The van der Waals surface area contributed by atoms with Crippen LogP contribution in [-0.4, -0.2) is 34.4 Å². The molecule has 30 heavy (non-hydrogen) atoms. The fourth-order valence-corrected chi connectivity index (χ4v) is 4.93. The highest BCUT2D eigenvalue weighted by Crippen LogP contribution is 2.42. The Hall–Kier alpha value is -2.26. The molecule has 2 aromatic rings. The second-order valence-corrected chi connectivity index (χ2v) is 8.12. The van der Waals surface area contributed by atoms with Gasteiger partial charge in [-0.3, -0.25) is 0 Å². The number of rotatable bonds is 5. The number of carbonyl (C=O) groups is 1. The molecule has 1 aliphatic heterocycles. The third-order valence-electron chi connectivity index (χ3n) is 4.60. The highest BCUT2D eigenvalue weighted by Gasteiger charge is 2.42. The van der Waals surface area contributed by atoms with Gasteiger partial charge in [-0.25, -0.2) is 4.79 Å². The first-order valence-corrected chi connectivity index (χ1v) is 10.8. The van der Waals surface area contributed by atoms with E-state index in [4.69, 9.17) is 17.0 Å². The second-order valence-electron chi connectivity index (χ2n) is 6.62. The predicted molar refractivity (Wildman–Crippen MR) is 115 cm³/mol. The molecule has 2 aromatic carbocycles. The van der Waals surface area contributed by atoms with Crippen LogP contribution in [0.3, 0.4) is 0 Å². The van der Waals surface area contributed by atoms with Crippen molar-refractivity contribution in [3.05, 3.63) is 71.3 Å². The van der Waals surface area contributed by atoms with E-state index in [-0.39, 0.29) is 6.61 Å². The van der Waals surface area contributed by atoms with E-state index in [9.17, 15) is 18.0 Å². The van der Waals surface area contributed by atoms with Crippen LogP contribution in [0.5, 0.6) is 0 Å². The Labute approximate surface area is 182 Å². The number of thioether (sulfide) groups is 1. The van der Waals surface area contributed by atoms with Crippen LogP contribution in [-0.2, 0) is 22.3 Å². The van der Waals surface area contributed by atoms with Gasteiger partial charge in [-0.2, -0.15) is 13.2 Å². The van der Waals surface area contributed by atoms with Crippen LogP contribution in [0.25, 0.3) is 0 Å². The van der Waals surface area contributed by atoms with E-state index in [1.54, 1.807) is 11.8 Å². The Balaban J connectivity index is 1.82. The molecule has 0 saturated carbocycles. The third-order valence-corrected chi connectivity index (χ3v) is 6.28. The number of alkyl halides is 3. The average Bonchev–Trinajstić information content (AvgIpc) is 3.18. The highest BCUT2D eigenvalue weighted by molar-refractivity contribution is 7.99. The van der Waals surface area contributed by atoms with E-state index in [1.807, 2.05) is 30.3 Å². The number of benzene rings is 2. The molecule has 1 fully saturated rings. The standard InChI is InChI=1S/C21H21F3N2O2S2/c1-2-28-19(27)17-13-30-18(15-8-10-16(11-9-15)21(22,23)24)26(17)20(29)25-12-14-6-4-3-5-7-14/h3-11,17-18H,2,12-13H2,1H3,(H,25,29)/t17-,18?/m0/s1. The van der Waals surface area contributed by atoms with Gasteiger partial charge in [0, 0.05) is 12.3 Å². The van der Waals surface area contributed by atoms with Crippen LogP contribution in [0.4, 0.5) is 13.2 Å². The van der Waals surface area contributed by atoms with Crippen molar-refractivity contribution in [3.8, 4) is 0 Å². The summed E-state index contributed by atoms with van der Waals surface area (Å²) in [5, 5.41) is 3.12. The summed E-state index contributed by atoms with van der Waals surface area (Å²) >= 11 is 7.01. The van der Waals surface area contributed by atoms with Gasteiger partial charge in [0.2, 0.25) is 0 Å². The molecule has 1 saturated heterocycles. The zero-order valence-corrected chi connectivity index (χ0v) is 17.8. The van der Waals surface area contributed by atoms with Gasteiger partial charge in [0.1, 0.15) is 11.4 Å². The van der Waals surface area contributed by atoms with Gasteiger partial charge in [0.15, 0.2) is 5.11 Å². The van der Waals surface area contributed by atoms with E-state index in [0.717, 1.165) is 17.7 Å². The van der Waals surface area contributed by atoms with Gasteiger partial charge in [-0.05, 0) is 42.4 Å². The predicted octanol–water partition coefficient (Wildman–Crippen LogP) is 4.76. The molecule has 1 aliphatic rings. The van der Waals surface area contributed by atoms with E-state index in [2.05, 4.69) is 5.32 Å². The topological polar surface area (TPSA) is 41.6 Å². The Morgan fingerprint density at radius 3 is 2.47 bits per heavy atom. The quantitative estimate of drug-likeness (QED) is 0.519. The first-order chi connectivity index (χ1) is 14.3. The molecule has 3 rings (SSSR count). The summed E-state index contributed by atoms with van der Waals surface area (Å²) in [5.74, 6) is 0.0285. The van der Waals surface area contributed by atoms with Crippen molar-refractivity contribution in [2.75, 3.05) is 12.4 Å². The van der Waals surface area contributed by atoms with Crippen molar-refractivity contribution in [1.29, 1.82) is 0 Å². The minimum atomic E-state index is -4.40.